The van der Waals surface area contributed by atoms with Gasteiger partial charge in [0.2, 0.25) is 11.9 Å². The van der Waals surface area contributed by atoms with Gasteiger partial charge in [-0.2, -0.15) is 0 Å². The number of anilines is 1. The second-order valence-electron chi connectivity index (χ2n) is 9.98. The quantitative estimate of drug-likeness (QED) is 0.419. The Kier molecular flexibility index (Phi) is 7.85. The maximum Gasteiger partial charge on any atom is 0.246 e. The van der Waals surface area contributed by atoms with Crippen molar-refractivity contribution in [2.75, 3.05) is 38.0 Å². The molecule has 3 aromatic rings. The summed E-state index contributed by atoms with van der Waals surface area (Å²) >= 11 is 12.0. The van der Waals surface area contributed by atoms with Crippen LogP contribution in [0.25, 0.3) is 17.1 Å². The second-order valence-corrected chi connectivity index (χ2v) is 10.8. The summed E-state index contributed by atoms with van der Waals surface area (Å²) in [5, 5.41) is 4.69. The van der Waals surface area contributed by atoms with Gasteiger partial charge in [0.1, 0.15) is 0 Å². The van der Waals surface area contributed by atoms with Crippen LogP contribution < -0.4 is 5.32 Å². The standard InChI is InChI=1S/C28H33Cl2N5O/c1-33-26-5-3-2-4-25(26)32-28(33)31-22-12-14-34(15-13-22)19-21-10-16-35(17-11-21)27(36)9-7-20-6-8-23(29)24(30)18-20/h2-9,18,21-22H,10-17,19H2,1H3,(H,31,32)/b9-7+. The van der Waals surface area contributed by atoms with Crippen molar-refractivity contribution in [1.82, 2.24) is 19.4 Å². The minimum absolute atomic E-state index is 0.0633. The minimum atomic E-state index is 0.0633. The number of nitrogens with zero attached hydrogens (tertiary/aromatic N) is 4. The van der Waals surface area contributed by atoms with E-state index in [0.717, 1.165) is 81.0 Å². The van der Waals surface area contributed by atoms with Gasteiger partial charge < -0.3 is 19.7 Å². The predicted molar refractivity (Wildman–Crippen MR) is 149 cm³/mol. The van der Waals surface area contributed by atoms with Crippen LogP contribution in [-0.4, -0.2) is 64.0 Å². The third kappa shape index (κ3) is 5.88. The molecule has 1 N–H and O–H groups in total. The van der Waals surface area contributed by atoms with E-state index in [1.54, 1.807) is 18.2 Å². The number of benzene rings is 2. The minimum Gasteiger partial charge on any atom is -0.353 e. The van der Waals surface area contributed by atoms with Crippen molar-refractivity contribution in [1.29, 1.82) is 0 Å². The molecule has 0 atom stereocenters. The average molecular weight is 527 g/mol. The fourth-order valence-electron chi connectivity index (χ4n) is 5.31. The number of nitrogens with one attached hydrogen (secondary N) is 1. The van der Waals surface area contributed by atoms with E-state index in [2.05, 4.69) is 40.0 Å². The maximum atomic E-state index is 12.6. The molecule has 36 heavy (non-hydrogen) atoms. The molecule has 5 rings (SSSR count). The molecule has 6 nitrogen and oxygen atoms in total. The molecule has 0 saturated carbocycles. The van der Waals surface area contributed by atoms with Gasteiger partial charge in [-0.3, -0.25) is 4.79 Å². The summed E-state index contributed by atoms with van der Waals surface area (Å²) < 4.78 is 2.15. The average Bonchev–Trinajstić information content (AvgIpc) is 3.21. The lowest BCUT2D eigenvalue weighted by Gasteiger charge is -2.37. The molecular formula is C28H33Cl2N5O. The van der Waals surface area contributed by atoms with Crippen LogP contribution in [0.15, 0.2) is 48.5 Å². The molecule has 1 amide bonds. The molecule has 2 aromatic carbocycles. The Morgan fingerprint density at radius 2 is 1.78 bits per heavy atom. The zero-order chi connectivity index (χ0) is 25.1. The fraction of sp³-hybridized carbons (Fsp3) is 0.429. The van der Waals surface area contributed by atoms with E-state index >= 15 is 0 Å². The number of fused-ring (bicyclic) bond motifs is 1. The van der Waals surface area contributed by atoms with Crippen molar-refractivity contribution in [3.63, 3.8) is 0 Å². The Hall–Kier alpha value is -2.54. The summed E-state index contributed by atoms with van der Waals surface area (Å²) in [6, 6.07) is 14.1. The first-order valence-electron chi connectivity index (χ1n) is 12.8. The zero-order valence-corrected chi connectivity index (χ0v) is 22.2. The van der Waals surface area contributed by atoms with Crippen LogP contribution in [0.4, 0.5) is 5.95 Å². The topological polar surface area (TPSA) is 53.4 Å². The number of hydrogen-bond donors (Lipinski definition) is 1. The van der Waals surface area contributed by atoms with E-state index in [4.69, 9.17) is 28.2 Å². The molecule has 190 valence electrons. The van der Waals surface area contributed by atoms with Gasteiger partial charge in [0, 0.05) is 51.9 Å². The van der Waals surface area contributed by atoms with Gasteiger partial charge >= 0.3 is 0 Å². The van der Waals surface area contributed by atoms with Crippen molar-refractivity contribution >= 4 is 52.2 Å². The van der Waals surface area contributed by atoms with Gasteiger partial charge in [0.05, 0.1) is 21.1 Å². The summed E-state index contributed by atoms with van der Waals surface area (Å²) in [6.45, 7) is 4.97. The van der Waals surface area contributed by atoms with Crippen molar-refractivity contribution in [3.05, 3.63) is 64.1 Å². The van der Waals surface area contributed by atoms with Crippen LogP contribution in [0.1, 0.15) is 31.2 Å². The smallest absolute Gasteiger partial charge is 0.246 e. The number of hydrogen-bond acceptors (Lipinski definition) is 4. The Bertz CT molecular complexity index is 1240. The van der Waals surface area contributed by atoms with Crippen molar-refractivity contribution < 1.29 is 4.79 Å². The van der Waals surface area contributed by atoms with Gasteiger partial charge in [-0.15, -0.1) is 0 Å². The van der Waals surface area contributed by atoms with E-state index in [-0.39, 0.29) is 5.91 Å². The van der Waals surface area contributed by atoms with Crippen molar-refractivity contribution in [2.24, 2.45) is 13.0 Å². The second kappa shape index (κ2) is 11.2. The molecule has 2 aliphatic rings. The van der Waals surface area contributed by atoms with Crippen LogP contribution >= 0.6 is 23.2 Å². The Morgan fingerprint density at radius 1 is 1.03 bits per heavy atom. The zero-order valence-electron chi connectivity index (χ0n) is 20.7. The van der Waals surface area contributed by atoms with Crippen LogP contribution in [0.2, 0.25) is 10.0 Å². The van der Waals surface area contributed by atoms with Crippen molar-refractivity contribution in [3.8, 4) is 0 Å². The highest BCUT2D eigenvalue weighted by Gasteiger charge is 2.26. The Labute approximate surface area is 222 Å². The molecular weight excluding hydrogens is 493 g/mol. The molecule has 2 saturated heterocycles. The monoisotopic (exact) mass is 525 g/mol. The predicted octanol–water partition coefficient (Wildman–Crippen LogP) is 5.71. The fourth-order valence-corrected chi connectivity index (χ4v) is 5.61. The first-order chi connectivity index (χ1) is 17.5. The van der Waals surface area contributed by atoms with Gasteiger partial charge in [-0.05, 0) is 67.5 Å². The van der Waals surface area contributed by atoms with E-state index < -0.39 is 0 Å². The van der Waals surface area contributed by atoms with Crippen LogP contribution in [0.3, 0.4) is 0 Å². The number of halogens is 2. The number of imidazole rings is 1. The molecule has 3 heterocycles. The normalized spacial score (nSPS) is 18.4. The SMILES string of the molecule is Cn1c(NC2CCN(CC3CCN(C(=O)/C=C/c4ccc(Cl)c(Cl)c4)CC3)CC2)nc2ccccc21. The molecule has 2 fully saturated rings. The highest BCUT2D eigenvalue weighted by molar-refractivity contribution is 6.42. The molecule has 1 aromatic heterocycles. The number of piperidine rings is 2. The molecule has 8 heteroatoms. The summed E-state index contributed by atoms with van der Waals surface area (Å²) in [6.07, 6.45) is 7.82. The highest BCUT2D eigenvalue weighted by atomic mass is 35.5. The number of aromatic nitrogens is 2. The van der Waals surface area contributed by atoms with Crippen LogP contribution in [-0.2, 0) is 11.8 Å². The Balaban J connectivity index is 1.04. The number of rotatable bonds is 6. The number of carbonyl (C=O) groups is 1. The van der Waals surface area contributed by atoms with Gasteiger partial charge in [0.25, 0.3) is 0 Å². The van der Waals surface area contributed by atoms with Gasteiger partial charge in [-0.25, -0.2) is 4.98 Å². The number of amides is 1. The lowest BCUT2D eigenvalue weighted by Crippen LogP contribution is -2.44. The summed E-state index contributed by atoms with van der Waals surface area (Å²) in [5.41, 5.74) is 3.07. The largest absolute Gasteiger partial charge is 0.353 e. The first kappa shape index (κ1) is 25.1. The van der Waals surface area contributed by atoms with Crippen molar-refractivity contribution in [2.45, 2.75) is 31.7 Å². The number of carbonyl (C=O) groups excluding carboxylic acids is 1. The number of para-hydroxylation sites is 2. The first-order valence-corrected chi connectivity index (χ1v) is 13.5. The molecule has 0 bridgehead atoms. The number of likely N-dealkylation sites (tertiary alicyclic amines) is 2. The lowest BCUT2D eigenvalue weighted by atomic mass is 9.94. The number of aryl methyl sites for hydroxylation is 1. The summed E-state index contributed by atoms with van der Waals surface area (Å²) in [5.74, 6) is 1.67. The van der Waals surface area contributed by atoms with Crippen LogP contribution in [0.5, 0.6) is 0 Å². The third-order valence-electron chi connectivity index (χ3n) is 7.51. The van der Waals surface area contributed by atoms with E-state index in [1.165, 1.54) is 0 Å². The highest BCUT2D eigenvalue weighted by Crippen LogP contribution is 2.25. The molecule has 0 spiro atoms. The van der Waals surface area contributed by atoms with E-state index in [1.807, 2.05) is 23.1 Å². The lowest BCUT2D eigenvalue weighted by molar-refractivity contribution is -0.127. The van der Waals surface area contributed by atoms with Crippen LogP contribution in [0, 0.1) is 5.92 Å². The summed E-state index contributed by atoms with van der Waals surface area (Å²) in [4.78, 5) is 22.0. The van der Waals surface area contributed by atoms with E-state index in [9.17, 15) is 4.79 Å². The van der Waals surface area contributed by atoms with Gasteiger partial charge in [0.15, 0.2) is 0 Å². The molecule has 0 radical (unpaired) electrons. The summed E-state index contributed by atoms with van der Waals surface area (Å²) in [7, 11) is 2.08. The third-order valence-corrected chi connectivity index (χ3v) is 8.25. The molecule has 0 aliphatic carbocycles. The maximum absolute atomic E-state index is 12.6. The molecule has 0 unspecified atom stereocenters. The van der Waals surface area contributed by atoms with E-state index in [0.29, 0.717) is 22.0 Å². The molecule has 2 aliphatic heterocycles. The van der Waals surface area contributed by atoms with Gasteiger partial charge in [-0.1, -0.05) is 41.4 Å². The Morgan fingerprint density at radius 3 is 2.50 bits per heavy atom.